The lowest BCUT2D eigenvalue weighted by Gasteiger charge is -2.34. The maximum absolute atomic E-state index is 11.9. The maximum atomic E-state index is 11.9. The van der Waals surface area contributed by atoms with Gasteiger partial charge >= 0.3 is 5.97 Å². The number of esters is 1. The van der Waals surface area contributed by atoms with Crippen molar-refractivity contribution in [1.82, 2.24) is 9.97 Å². The van der Waals surface area contributed by atoms with Crippen LogP contribution in [0.2, 0.25) is 0 Å². The number of ether oxygens (including phenoxy) is 2. The van der Waals surface area contributed by atoms with E-state index in [0.29, 0.717) is 35.8 Å². The summed E-state index contributed by atoms with van der Waals surface area (Å²) < 4.78 is 10.8. The van der Waals surface area contributed by atoms with Gasteiger partial charge < -0.3 is 14.4 Å². The zero-order valence-electron chi connectivity index (χ0n) is 15.5. The van der Waals surface area contributed by atoms with Gasteiger partial charge in [0.1, 0.15) is 11.9 Å². The van der Waals surface area contributed by atoms with Crippen LogP contribution in [0, 0.1) is 18.3 Å². The zero-order valence-corrected chi connectivity index (χ0v) is 15.5. The summed E-state index contributed by atoms with van der Waals surface area (Å²) in [6, 6.07) is 9.46. The Labute approximate surface area is 158 Å². The first-order chi connectivity index (χ1) is 13.1. The molecule has 0 amide bonds. The van der Waals surface area contributed by atoms with Gasteiger partial charge in [-0.1, -0.05) is 6.07 Å². The first kappa shape index (κ1) is 18.8. The highest BCUT2D eigenvalue weighted by molar-refractivity contribution is 5.91. The van der Waals surface area contributed by atoms with Crippen LogP contribution >= 0.6 is 0 Å². The Balaban J connectivity index is 1.74. The van der Waals surface area contributed by atoms with Gasteiger partial charge in [0.15, 0.2) is 0 Å². The lowest BCUT2D eigenvalue weighted by molar-refractivity contribution is 0.0297. The third kappa shape index (κ3) is 4.41. The average molecular weight is 366 g/mol. The van der Waals surface area contributed by atoms with Crippen molar-refractivity contribution >= 4 is 11.8 Å². The van der Waals surface area contributed by atoms with Crippen molar-refractivity contribution in [2.75, 3.05) is 25.1 Å². The minimum atomic E-state index is -0.488. The molecule has 1 fully saturated rings. The molecule has 0 unspecified atom stereocenters. The Hall–Kier alpha value is -2.98. The van der Waals surface area contributed by atoms with Crippen LogP contribution in [0.15, 0.2) is 30.5 Å². The number of aryl methyl sites for hydroxylation is 1. The standard InChI is InChI=1S/C20H22N4O3/c1-14-18(20(25)26-2)10-15(11-21)19(23-14)24-9-5-7-17(12-24)27-13-16-6-3-4-8-22-16/h3-4,6,8,10,17H,5,7,9,12-13H2,1-2H3/t17-/m1/s1. The molecule has 0 radical (unpaired) electrons. The van der Waals surface area contributed by atoms with Crippen LogP contribution < -0.4 is 4.90 Å². The van der Waals surface area contributed by atoms with Crippen LogP contribution in [-0.4, -0.2) is 42.2 Å². The van der Waals surface area contributed by atoms with Crippen molar-refractivity contribution in [3.8, 4) is 6.07 Å². The highest BCUT2D eigenvalue weighted by Crippen LogP contribution is 2.25. The number of hydrogen-bond donors (Lipinski definition) is 0. The third-order valence-corrected chi connectivity index (χ3v) is 4.59. The molecule has 2 aromatic rings. The first-order valence-corrected chi connectivity index (χ1v) is 8.89. The van der Waals surface area contributed by atoms with Crippen LogP contribution in [-0.2, 0) is 16.1 Å². The lowest BCUT2D eigenvalue weighted by Crippen LogP contribution is -2.40. The van der Waals surface area contributed by atoms with Crippen molar-refractivity contribution in [2.45, 2.75) is 32.5 Å². The number of pyridine rings is 2. The van der Waals surface area contributed by atoms with Gasteiger partial charge in [0.05, 0.1) is 42.3 Å². The maximum Gasteiger partial charge on any atom is 0.339 e. The Morgan fingerprint density at radius 2 is 2.30 bits per heavy atom. The van der Waals surface area contributed by atoms with E-state index in [1.54, 1.807) is 19.2 Å². The number of nitrogens with zero attached hydrogens (tertiary/aromatic N) is 4. The molecule has 0 aromatic carbocycles. The third-order valence-electron chi connectivity index (χ3n) is 4.59. The van der Waals surface area contributed by atoms with Gasteiger partial charge in [-0.2, -0.15) is 5.26 Å². The van der Waals surface area contributed by atoms with Gasteiger partial charge in [0.2, 0.25) is 0 Å². The summed E-state index contributed by atoms with van der Waals surface area (Å²) in [5, 5.41) is 9.53. The molecule has 1 saturated heterocycles. The fourth-order valence-corrected chi connectivity index (χ4v) is 3.19. The zero-order chi connectivity index (χ0) is 19.2. The summed E-state index contributed by atoms with van der Waals surface area (Å²) in [6.07, 6.45) is 3.68. The molecule has 0 N–H and O–H groups in total. The van der Waals surface area contributed by atoms with Crippen LogP contribution in [0.5, 0.6) is 0 Å². The molecule has 1 aliphatic rings. The molecule has 3 rings (SSSR count). The Bertz CT molecular complexity index is 848. The van der Waals surface area contributed by atoms with E-state index in [-0.39, 0.29) is 6.10 Å². The molecular weight excluding hydrogens is 344 g/mol. The number of piperidine rings is 1. The largest absolute Gasteiger partial charge is 0.465 e. The number of carbonyl (C=O) groups is 1. The lowest BCUT2D eigenvalue weighted by atomic mass is 10.1. The quantitative estimate of drug-likeness (QED) is 0.752. The summed E-state index contributed by atoms with van der Waals surface area (Å²) >= 11 is 0. The molecule has 0 aliphatic carbocycles. The molecule has 1 atom stereocenters. The van der Waals surface area contributed by atoms with Gasteiger partial charge in [-0.25, -0.2) is 9.78 Å². The van der Waals surface area contributed by atoms with Crippen LogP contribution in [0.1, 0.15) is 40.2 Å². The molecule has 0 saturated carbocycles. The number of methoxy groups -OCH3 is 1. The molecule has 7 heteroatoms. The van der Waals surface area contributed by atoms with E-state index in [2.05, 4.69) is 20.9 Å². The number of nitriles is 1. The van der Waals surface area contributed by atoms with Crippen molar-refractivity contribution in [3.05, 3.63) is 53.0 Å². The molecule has 27 heavy (non-hydrogen) atoms. The van der Waals surface area contributed by atoms with Crippen molar-refractivity contribution < 1.29 is 14.3 Å². The highest BCUT2D eigenvalue weighted by atomic mass is 16.5. The van der Waals surface area contributed by atoms with E-state index in [9.17, 15) is 10.1 Å². The first-order valence-electron chi connectivity index (χ1n) is 8.89. The van der Waals surface area contributed by atoms with Crippen molar-refractivity contribution in [1.29, 1.82) is 5.26 Å². The fourth-order valence-electron chi connectivity index (χ4n) is 3.19. The number of aromatic nitrogens is 2. The van der Waals surface area contributed by atoms with Gasteiger partial charge in [-0.15, -0.1) is 0 Å². The normalized spacial score (nSPS) is 16.6. The van der Waals surface area contributed by atoms with Crippen LogP contribution in [0.3, 0.4) is 0 Å². The van der Waals surface area contributed by atoms with E-state index in [1.165, 1.54) is 7.11 Å². The summed E-state index contributed by atoms with van der Waals surface area (Å²) in [5.74, 6) is 0.104. The Kier molecular flexibility index (Phi) is 5.99. The van der Waals surface area contributed by atoms with Crippen molar-refractivity contribution in [3.63, 3.8) is 0 Å². The van der Waals surface area contributed by atoms with E-state index in [1.807, 2.05) is 18.2 Å². The van der Waals surface area contributed by atoms with Gasteiger partial charge in [0, 0.05) is 19.3 Å². The van der Waals surface area contributed by atoms with Crippen LogP contribution in [0.25, 0.3) is 0 Å². The van der Waals surface area contributed by atoms with Crippen molar-refractivity contribution in [2.24, 2.45) is 0 Å². The van der Waals surface area contributed by atoms with E-state index in [0.717, 1.165) is 25.1 Å². The molecule has 140 valence electrons. The second-order valence-corrected chi connectivity index (χ2v) is 6.44. The van der Waals surface area contributed by atoms with Gasteiger partial charge in [-0.05, 0) is 38.0 Å². The number of anilines is 1. The van der Waals surface area contributed by atoms with Crippen LogP contribution in [0.4, 0.5) is 5.82 Å². The molecular formula is C20H22N4O3. The van der Waals surface area contributed by atoms with E-state index < -0.39 is 5.97 Å². The summed E-state index contributed by atoms with van der Waals surface area (Å²) in [5.41, 5.74) is 2.13. The average Bonchev–Trinajstić information content (AvgIpc) is 2.72. The monoisotopic (exact) mass is 366 g/mol. The van der Waals surface area contributed by atoms with Gasteiger partial charge in [-0.3, -0.25) is 4.98 Å². The molecule has 0 bridgehead atoms. The second-order valence-electron chi connectivity index (χ2n) is 6.44. The highest BCUT2D eigenvalue weighted by Gasteiger charge is 2.25. The van der Waals surface area contributed by atoms with E-state index in [4.69, 9.17) is 9.47 Å². The molecule has 0 spiro atoms. The molecule has 1 aliphatic heterocycles. The summed E-state index contributed by atoms with van der Waals surface area (Å²) in [4.78, 5) is 22.7. The molecule has 2 aromatic heterocycles. The SMILES string of the molecule is COC(=O)c1cc(C#N)c(N2CCC[C@@H](OCc3ccccn3)C2)nc1C. The fraction of sp³-hybridized carbons (Fsp3) is 0.400. The van der Waals surface area contributed by atoms with E-state index >= 15 is 0 Å². The minimum absolute atomic E-state index is 0.0367. The molecule has 3 heterocycles. The number of carbonyl (C=O) groups excluding carboxylic acids is 1. The topological polar surface area (TPSA) is 88.3 Å². The van der Waals surface area contributed by atoms with Gasteiger partial charge in [0.25, 0.3) is 0 Å². The number of rotatable bonds is 5. The predicted molar refractivity (Wildman–Crippen MR) is 99.3 cm³/mol. The molecule has 7 nitrogen and oxygen atoms in total. The summed E-state index contributed by atoms with van der Waals surface area (Å²) in [7, 11) is 1.32. The smallest absolute Gasteiger partial charge is 0.339 e. The predicted octanol–water partition coefficient (Wildman–Crippen LogP) is 2.63. The number of hydrogen-bond acceptors (Lipinski definition) is 7. The Morgan fingerprint density at radius 3 is 3.00 bits per heavy atom. The minimum Gasteiger partial charge on any atom is -0.465 e. The Morgan fingerprint density at radius 1 is 1.44 bits per heavy atom. The second kappa shape index (κ2) is 8.60. The summed E-state index contributed by atoms with van der Waals surface area (Å²) in [6.45, 7) is 3.64.